The minimum Gasteiger partial charge on any atom is -0.505 e. The molecule has 0 bridgehead atoms. The maximum absolute atomic E-state index is 5.00. The zero-order valence-corrected chi connectivity index (χ0v) is 20.2. The predicted octanol–water partition coefficient (Wildman–Crippen LogP) is 8.31. The number of hydrogen-bond acceptors (Lipinski definition) is 1. The van der Waals surface area contributed by atoms with E-state index in [0.717, 1.165) is 32.1 Å². The van der Waals surface area contributed by atoms with Crippen molar-refractivity contribution in [2.24, 2.45) is 0 Å². The molecule has 0 amide bonds. The number of benzene rings is 1. The van der Waals surface area contributed by atoms with Crippen molar-refractivity contribution in [2.75, 3.05) is 7.11 Å². The molecule has 0 saturated heterocycles. The Morgan fingerprint density at radius 3 is 2.57 bits per heavy atom. The van der Waals surface area contributed by atoms with Crippen LogP contribution >= 0.6 is 0 Å². The third kappa shape index (κ3) is 6.36. The SMILES string of the molecule is C=C(C/C(C)=C(\C)C/C=C/OC)C1=CC=C(Cc2cc(C(C)(C)CC)ccc2C)C1. The van der Waals surface area contributed by atoms with Gasteiger partial charge in [0, 0.05) is 0 Å². The summed E-state index contributed by atoms with van der Waals surface area (Å²) in [4.78, 5) is 0. The molecule has 0 radical (unpaired) electrons. The van der Waals surface area contributed by atoms with E-state index in [9.17, 15) is 0 Å². The first-order chi connectivity index (χ1) is 14.2. The smallest absolute Gasteiger partial charge is 0.0787 e. The molecule has 0 fully saturated rings. The van der Waals surface area contributed by atoms with Crippen LogP contribution < -0.4 is 0 Å². The van der Waals surface area contributed by atoms with Gasteiger partial charge in [-0.3, -0.25) is 0 Å². The molecule has 1 nitrogen and oxygen atoms in total. The first-order valence-electron chi connectivity index (χ1n) is 11.2. The summed E-state index contributed by atoms with van der Waals surface area (Å²) in [6.45, 7) is 18.0. The maximum Gasteiger partial charge on any atom is 0.0787 e. The minimum absolute atomic E-state index is 0.227. The van der Waals surface area contributed by atoms with E-state index in [4.69, 9.17) is 4.74 Å². The zero-order valence-electron chi connectivity index (χ0n) is 20.2. The van der Waals surface area contributed by atoms with Crippen molar-refractivity contribution in [2.45, 2.75) is 79.1 Å². The lowest BCUT2D eigenvalue weighted by molar-refractivity contribution is 0.337. The highest BCUT2D eigenvalue weighted by Crippen LogP contribution is 2.33. The summed E-state index contributed by atoms with van der Waals surface area (Å²) >= 11 is 0. The Bertz CT molecular complexity index is 887. The van der Waals surface area contributed by atoms with E-state index in [-0.39, 0.29) is 5.41 Å². The van der Waals surface area contributed by atoms with Crippen LogP contribution in [0.5, 0.6) is 0 Å². The summed E-state index contributed by atoms with van der Waals surface area (Å²) in [6, 6.07) is 7.02. The van der Waals surface area contributed by atoms with Gasteiger partial charge in [0.15, 0.2) is 0 Å². The number of aryl methyl sites for hydroxylation is 1. The first-order valence-corrected chi connectivity index (χ1v) is 11.2. The molecule has 2 rings (SSSR count). The van der Waals surface area contributed by atoms with E-state index in [0.29, 0.717) is 0 Å². The van der Waals surface area contributed by atoms with Crippen LogP contribution in [-0.2, 0) is 16.6 Å². The van der Waals surface area contributed by atoms with Gasteiger partial charge in [-0.1, -0.05) is 74.4 Å². The van der Waals surface area contributed by atoms with Crippen LogP contribution in [0.15, 0.2) is 77.1 Å². The lowest BCUT2D eigenvalue weighted by Crippen LogP contribution is -2.16. The number of ether oxygens (including phenoxy) is 1. The van der Waals surface area contributed by atoms with Crippen LogP contribution in [0.2, 0.25) is 0 Å². The van der Waals surface area contributed by atoms with E-state index < -0.39 is 0 Å². The minimum atomic E-state index is 0.227. The van der Waals surface area contributed by atoms with Gasteiger partial charge < -0.3 is 4.74 Å². The van der Waals surface area contributed by atoms with Crippen molar-refractivity contribution in [1.29, 1.82) is 0 Å². The summed E-state index contributed by atoms with van der Waals surface area (Å²) in [5.74, 6) is 0. The van der Waals surface area contributed by atoms with Gasteiger partial charge in [0.1, 0.15) is 0 Å². The maximum atomic E-state index is 5.00. The van der Waals surface area contributed by atoms with E-state index in [1.54, 1.807) is 13.4 Å². The Balaban J connectivity index is 2.00. The molecule has 0 aliphatic heterocycles. The van der Waals surface area contributed by atoms with E-state index in [1.165, 1.54) is 44.6 Å². The summed E-state index contributed by atoms with van der Waals surface area (Å²) in [5, 5.41) is 0. The van der Waals surface area contributed by atoms with E-state index in [2.05, 4.69) is 84.5 Å². The molecule has 1 aliphatic carbocycles. The fraction of sp³-hybridized carbons (Fsp3) is 0.448. The van der Waals surface area contributed by atoms with E-state index >= 15 is 0 Å². The number of rotatable bonds is 10. The monoisotopic (exact) mass is 404 g/mol. The molecule has 1 aliphatic rings. The van der Waals surface area contributed by atoms with Crippen molar-refractivity contribution in [3.63, 3.8) is 0 Å². The van der Waals surface area contributed by atoms with Crippen molar-refractivity contribution in [1.82, 2.24) is 0 Å². The number of hydrogen-bond donors (Lipinski definition) is 0. The largest absolute Gasteiger partial charge is 0.505 e. The second kappa shape index (κ2) is 10.7. The molecule has 0 saturated carbocycles. The van der Waals surface area contributed by atoms with Crippen molar-refractivity contribution in [3.8, 4) is 0 Å². The number of allylic oxidation sites excluding steroid dienone is 8. The average Bonchev–Trinajstić information content (AvgIpc) is 3.18. The van der Waals surface area contributed by atoms with Gasteiger partial charge >= 0.3 is 0 Å². The first kappa shape index (κ1) is 24.0. The highest BCUT2D eigenvalue weighted by molar-refractivity contribution is 5.46. The Kier molecular flexibility index (Phi) is 8.53. The summed E-state index contributed by atoms with van der Waals surface area (Å²) in [5.41, 5.74) is 11.4. The Morgan fingerprint density at radius 2 is 1.90 bits per heavy atom. The Morgan fingerprint density at radius 1 is 1.17 bits per heavy atom. The van der Waals surface area contributed by atoms with Gasteiger partial charge in [0.05, 0.1) is 13.4 Å². The third-order valence-corrected chi connectivity index (χ3v) is 6.69. The second-order valence-electron chi connectivity index (χ2n) is 9.40. The normalized spacial score (nSPS) is 15.2. The standard InChI is InChI=1S/C29H40O/c1-9-29(6,7)28-15-12-22(3)27(20-28)19-25-13-14-26(18-25)24(5)17-23(4)21(2)11-10-16-30-8/h10,12-16,20H,5,9,11,17-19H2,1-4,6-8H3/b16-10+,23-21+. The quantitative estimate of drug-likeness (QED) is 0.281. The van der Waals surface area contributed by atoms with Crippen LogP contribution in [-0.4, -0.2) is 7.11 Å². The van der Waals surface area contributed by atoms with Crippen LogP contribution in [0.1, 0.15) is 77.0 Å². The van der Waals surface area contributed by atoms with Crippen LogP contribution in [0.25, 0.3) is 0 Å². The molecule has 1 aromatic carbocycles. The summed E-state index contributed by atoms with van der Waals surface area (Å²) in [6.07, 6.45) is 13.5. The lowest BCUT2D eigenvalue weighted by Gasteiger charge is -2.24. The predicted molar refractivity (Wildman–Crippen MR) is 132 cm³/mol. The molecular formula is C29H40O. The Labute approximate surface area is 184 Å². The molecule has 1 aromatic rings. The van der Waals surface area contributed by atoms with Gasteiger partial charge in [-0.2, -0.15) is 0 Å². The summed E-state index contributed by atoms with van der Waals surface area (Å²) in [7, 11) is 1.68. The molecule has 0 heterocycles. The fourth-order valence-corrected chi connectivity index (χ4v) is 3.76. The highest BCUT2D eigenvalue weighted by Gasteiger charge is 2.19. The molecule has 0 spiro atoms. The summed E-state index contributed by atoms with van der Waals surface area (Å²) < 4.78 is 5.00. The van der Waals surface area contributed by atoms with E-state index in [1.807, 2.05) is 0 Å². The van der Waals surface area contributed by atoms with Gasteiger partial charge in [-0.15, -0.1) is 0 Å². The third-order valence-electron chi connectivity index (χ3n) is 6.69. The highest BCUT2D eigenvalue weighted by atomic mass is 16.5. The van der Waals surface area contributed by atoms with Crippen molar-refractivity contribution in [3.05, 3.63) is 93.8 Å². The van der Waals surface area contributed by atoms with Crippen molar-refractivity contribution >= 4 is 0 Å². The van der Waals surface area contributed by atoms with Crippen molar-refractivity contribution < 1.29 is 4.74 Å². The van der Waals surface area contributed by atoms with Gasteiger partial charge in [-0.05, 0) is 92.2 Å². The molecule has 0 N–H and O–H groups in total. The zero-order chi connectivity index (χ0) is 22.3. The molecule has 0 atom stereocenters. The topological polar surface area (TPSA) is 9.23 Å². The van der Waals surface area contributed by atoms with Gasteiger partial charge in [0.2, 0.25) is 0 Å². The molecule has 1 heteroatoms. The van der Waals surface area contributed by atoms with Crippen LogP contribution in [0.3, 0.4) is 0 Å². The molecule has 0 unspecified atom stereocenters. The molecule has 0 aromatic heterocycles. The fourth-order valence-electron chi connectivity index (χ4n) is 3.76. The number of methoxy groups -OCH3 is 1. The average molecular weight is 405 g/mol. The molecule has 162 valence electrons. The van der Waals surface area contributed by atoms with Gasteiger partial charge in [-0.25, -0.2) is 0 Å². The van der Waals surface area contributed by atoms with Crippen LogP contribution in [0.4, 0.5) is 0 Å². The van der Waals surface area contributed by atoms with Crippen LogP contribution in [0, 0.1) is 6.92 Å². The molecular weight excluding hydrogens is 364 g/mol. The Hall–Kier alpha value is -2.28. The lowest BCUT2D eigenvalue weighted by atomic mass is 9.80. The molecule has 30 heavy (non-hydrogen) atoms. The van der Waals surface area contributed by atoms with Gasteiger partial charge in [0.25, 0.3) is 0 Å². The second-order valence-corrected chi connectivity index (χ2v) is 9.40.